The minimum Gasteiger partial charge on any atom is -0.319 e. The van der Waals surface area contributed by atoms with Gasteiger partial charge in [-0.3, -0.25) is 9.67 Å². The Balaban J connectivity index is 2.49. The van der Waals surface area contributed by atoms with E-state index in [1.54, 1.807) is 12.4 Å². The lowest BCUT2D eigenvalue weighted by Crippen LogP contribution is -2.20. The van der Waals surface area contributed by atoms with Crippen LogP contribution in [0.5, 0.6) is 0 Å². The molecule has 0 amide bonds. The second-order valence-electron chi connectivity index (χ2n) is 4.63. The third kappa shape index (κ3) is 2.33. The molecule has 0 saturated heterocycles. The smallest absolute Gasteiger partial charge is 0.0742 e. The molecule has 0 saturated carbocycles. The summed E-state index contributed by atoms with van der Waals surface area (Å²) in [7, 11) is 0. The van der Waals surface area contributed by atoms with Crippen molar-refractivity contribution in [2.24, 2.45) is 5.73 Å². The molecule has 0 radical (unpaired) electrons. The number of aromatic nitrogens is 3. The number of hydrogen-bond acceptors (Lipinski definition) is 3. The molecule has 0 aromatic carbocycles. The zero-order valence-corrected chi connectivity index (χ0v) is 12.3. The van der Waals surface area contributed by atoms with Gasteiger partial charge in [-0.15, -0.1) is 0 Å². The van der Waals surface area contributed by atoms with Crippen molar-refractivity contribution >= 4 is 15.9 Å². The lowest BCUT2D eigenvalue weighted by molar-refractivity contribution is 0.498. The van der Waals surface area contributed by atoms with Crippen LogP contribution in [0.1, 0.15) is 42.8 Å². The number of halogens is 1. The Morgan fingerprint density at radius 1 is 1.33 bits per heavy atom. The summed E-state index contributed by atoms with van der Waals surface area (Å²) in [5.74, 6) is 0. The summed E-state index contributed by atoms with van der Waals surface area (Å²) in [6.45, 7) is 6.20. The van der Waals surface area contributed by atoms with Crippen LogP contribution >= 0.6 is 15.9 Å². The quantitative estimate of drug-likeness (QED) is 0.948. The van der Waals surface area contributed by atoms with E-state index in [2.05, 4.69) is 39.9 Å². The van der Waals surface area contributed by atoms with Crippen molar-refractivity contribution in [3.8, 4) is 0 Å². The van der Waals surface area contributed by atoms with Gasteiger partial charge >= 0.3 is 0 Å². The fraction of sp³-hybridized carbons (Fsp3) is 0.385. The summed E-state index contributed by atoms with van der Waals surface area (Å²) < 4.78 is 2.90. The number of hydrogen-bond donors (Lipinski definition) is 1. The minimum absolute atomic E-state index is 0.202. The summed E-state index contributed by atoms with van der Waals surface area (Å²) >= 11 is 3.53. The van der Waals surface area contributed by atoms with E-state index < -0.39 is 0 Å². The molecule has 18 heavy (non-hydrogen) atoms. The van der Waals surface area contributed by atoms with Crippen LogP contribution in [-0.4, -0.2) is 14.8 Å². The monoisotopic (exact) mass is 308 g/mol. The SMILES string of the molecule is Cc1cnccc1C(N)c1c(Br)cnn1C(C)C. The summed E-state index contributed by atoms with van der Waals surface area (Å²) in [4.78, 5) is 4.10. The molecule has 1 atom stereocenters. The molecular formula is C13H17BrN4. The molecule has 0 fully saturated rings. The van der Waals surface area contributed by atoms with Crippen LogP contribution < -0.4 is 5.73 Å². The normalized spacial score (nSPS) is 13.0. The Labute approximate surface area is 115 Å². The van der Waals surface area contributed by atoms with E-state index in [9.17, 15) is 0 Å². The summed E-state index contributed by atoms with van der Waals surface area (Å²) in [6, 6.07) is 2.04. The van der Waals surface area contributed by atoms with Crippen molar-refractivity contribution in [3.05, 3.63) is 46.0 Å². The standard InChI is InChI=1S/C13H17BrN4/c1-8(2)18-13(11(14)7-17-18)12(15)10-4-5-16-6-9(10)3/h4-8,12H,15H2,1-3H3. The molecule has 2 aromatic heterocycles. The van der Waals surface area contributed by atoms with E-state index in [0.717, 1.165) is 21.3 Å². The number of nitrogens with zero attached hydrogens (tertiary/aromatic N) is 3. The Kier molecular flexibility index (Phi) is 3.82. The molecule has 0 spiro atoms. The average Bonchev–Trinajstić information content (AvgIpc) is 2.71. The third-order valence-corrected chi connectivity index (χ3v) is 3.58. The zero-order valence-electron chi connectivity index (χ0n) is 10.8. The predicted octanol–water partition coefficient (Wildman–Crippen LogP) is 2.98. The van der Waals surface area contributed by atoms with Crippen LogP contribution in [-0.2, 0) is 0 Å². The Morgan fingerprint density at radius 2 is 2.06 bits per heavy atom. The van der Waals surface area contributed by atoms with Gasteiger partial charge in [0.05, 0.1) is 22.4 Å². The highest BCUT2D eigenvalue weighted by molar-refractivity contribution is 9.10. The van der Waals surface area contributed by atoms with Crippen molar-refractivity contribution in [2.45, 2.75) is 32.9 Å². The Bertz CT molecular complexity index is 548. The van der Waals surface area contributed by atoms with Crippen LogP contribution in [0.15, 0.2) is 29.1 Å². The van der Waals surface area contributed by atoms with Crippen LogP contribution in [0, 0.1) is 6.92 Å². The molecule has 2 rings (SSSR count). The fourth-order valence-electron chi connectivity index (χ4n) is 2.03. The average molecular weight is 309 g/mol. The molecule has 2 aromatic rings. The van der Waals surface area contributed by atoms with Gasteiger partial charge in [0.1, 0.15) is 0 Å². The maximum Gasteiger partial charge on any atom is 0.0742 e. The zero-order chi connectivity index (χ0) is 13.3. The Hall–Kier alpha value is -1.20. The van der Waals surface area contributed by atoms with Gasteiger partial charge in [0.2, 0.25) is 0 Å². The van der Waals surface area contributed by atoms with E-state index in [1.807, 2.05) is 23.9 Å². The van der Waals surface area contributed by atoms with Crippen LogP contribution in [0.25, 0.3) is 0 Å². The van der Waals surface area contributed by atoms with Crippen LogP contribution in [0.4, 0.5) is 0 Å². The molecular weight excluding hydrogens is 292 g/mol. The van der Waals surface area contributed by atoms with E-state index in [1.165, 1.54) is 0 Å². The van der Waals surface area contributed by atoms with E-state index in [0.29, 0.717) is 0 Å². The van der Waals surface area contributed by atoms with Gasteiger partial charge in [0.15, 0.2) is 0 Å². The maximum absolute atomic E-state index is 6.38. The molecule has 0 bridgehead atoms. The van der Waals surface area contributed by atoms with Crippen molar-refractivity contribution in [2.75, 3.05) is 0 Å². The van der Waals surface area contributed by atoms with E-state index >= 15 is 0 Å². The number of rotatable bonds is 3. The molecule has 0 aliphatic rings. The van der Waals surface area contributed by atoms with Gasteiger partial charge in [-0.25, -0.2) is 0 Å². The number of aryl methyl sites for hydroxylation is 1. The van der Waals surface area contributed by atoms with Crippen molar-refractivity contribution in [3.63, 3.8) is 0 Å². The van der Waals surface area contributed by atoms with Crippen LogP contribution in [0.3, 0.4) is 0 Å². The molecule has 0 aliphatic carbocycles. The topological polar surface area (TPSA) is 56.7 Å². The predicted molar refractivity (Wildman–Crippen MR) is 75.3 cm³/mol. The second kappa shape index (κ2) is 5.20. The van der Waals surface area contributed by atoms with Gasteiger partial charge in [-0.2, -0.15) is 5.10 Å². The fourth-order valence-corrected chi connectivity index (χ4v) is 2.55. The molecule has 4 nitrogen and oxygen atoms in total. The number of nitrogens with two attached hydrogens (primary N) is 1. The van der Waals surface area contributed by atoms with Crippen molar-refractivity contribution < 1.29 is 0 Å². The van der Waals surface area contributed by atoms with E-state index in [-0.39, 0.29) is 12.1 Å². The Morgan fingerprint density at radius 3 is 2.67 bits per heavy atom. The third-order valence-electron chi connectivity index (χ3n) is 2.97. The van der Waals surface area contributed by atoms with Crippen LogP contribution in [0.2, 0.25) is 0 Å². The molecule has 2 heterocycles. The summed E-state index contributed by atoms with van der Waals surface area (Å²) in [5.41, 5.74) is 9.55. The summed E-state index contributed by atoms with van der Waals surface area (Å²) in [6.07, 6.45) is 5.40. The summed E-state index contributed by atoms with van der Waals surface area (Å²) in [5, 5.41) is 4.37. The van der Waals surface area contributed by atoms with E-state index in [4.69, 9.17) is 5.73 Å². The minimum atomic E-state index is -0.202. The van der Waals surface area contributed by atoms with Gasteiger partial charge in [-0.05, 0) is 53.9 Å². The largest absolute Gasteiger partial charge is 0.319 e. The molecule has 0 aliphatic heterocycles. The van der Waals surface area contributed by atoms with Gasteiger partial charge in [0.25, 0.3) is 0 Å². The molecule has 96 valence electrons. The number of pyridine rings is 1. The highest BCUT2D eigenvalue weighted by atomic mass is 79.9. The molecule has 1 unspecified atom stereocenters. The lowest BCUT2D eigenvalue weighted by atomic mass is 10.0. The highest BCUT2D eigenvalue weighted by Crippen LogP contribution is 2.29. The van der Waals surface area contributed by atoms with Crippen molar-refractivity contribution in [1.29, 1.82) is 0 Å². The van der Waals surface area contributed by atoms with Gasteiger partial charge in [0, 0.05) is 18.4 Å². The van der Waals surface area contributed by atoms with Gasteiger partial charge in [-0.1, -0.05) is 0 Å². The maximum atomic E-state index is 6.38. The van der Waals surface area contributed by atoms with Gasteiger partial charge < -0.3 is 5.73 Å². The first kappa shape index (κ1) is 13.2. The lowest BCUT2D eigenvalue weighted by Gasteiger charge is -2.19. The first-order valence-corrected chi connectivity index (χ1v) is 6.70. The molecule has 5 heteroatoms. The van der Waals surface area contributed by atoms with Crippen molar-refractivity contribution in [1.82, 2.24) is 14.8 Å². The molecule has 2 N–H and O–H groups in total. The first-order chi connectivity index (χ1) is 8.52. The highest BCUT2D eigenvalue weighted by Gasteiger charge is 2.20. The first-order valence-electron chi connectivity index (χ1n) is 5.91. The second-order valence-corrected chi connectivity index (χ2v) is 5.48.